The van der Waals surface area contributed by atoms with E-state index >= 15 is 0 Å². The van der Waals surface area contributed by atoms with E-state index in [0.29, 0.717) is 12.0 Å². The maximum Gasteiger partial charge on any atom is 0.0408 e. The third kappa shape index (κ3) is 4.64. The molecule has 19 heavy (non-hydrogen) atoms. The second-order valence-corrected chi connectivity index (χ2v) is 6.00. The summed E-state index contributed by atoms with van der Waals surface area (Å²) in [5, 5.41) is 0.823. The zero-order valence-corrected chi connectivity index (χ0v) is 13.3. The summed E-state index contributed by atoms with van der Waals surface area (Å²) in [5.74, 6) is 0.645. The van der Waals surface area contributed by atoms with Gasteiger partial charge in [0.2, 0.25) is 0 Å². The van der Waals surface area contributed by atoms with E-state index in [1.54, 1.807) is 0 Å². The first-order valence-electron chi connectivity index (χ1n) is 6.79. The monoisotopic (exact) mass is 302 g/mol. The van der Waals surface area contributed by atoms with Crippen LogP contribution in [0.5, 0.6) is 0 Å². The van der Waals surface area contributed by atoms with Crippen LogP contribution in [0.3, 0.4) is 0 Å². The van der Waals surface area contributed by atoms with E-state index in [2.05, 4.69) is 24.8 Å². The summed E-state index contributed by atoms with van der Waals surface area (Å²) in [6.07, 6.45) is 2.53. The van der Waals surface area contributed by atoms with Crippen LogP contribution in [0.15, 0.2) is 18.2 Å². The first kappa shape index (κ1) is 16.8. The molecule has 0 saturated carbocycles. The lowest BCUT2D eigenvalue weighted by Gasteiger charge is -2.34. The zero-order valence-electron chi connectivity index (χ0n) is 11.7. The van der Waals surface area contributed by atoms with Gasteiger partial charge in [-0.2, -0.15) is 0 Å². The van der Waals surface area contributed by atoms with Crippen molar-refractivity contribution in [2.45, 2.75) is 39.3 Å². The Hall–Kier alpha value is -0.280. The van der Waals surface area contributed by atoms with Gasteiger partial charge < -0.3 is 5.73 Å². The minimum Gasteiger partial charge on any atom is -0.328 e. The number of benzene rings is 1. The van der Waals surface area contributed by atoms with Gasteiger partial charge in [-0.1, -0.05) is 17.7 Å². The molecule has 1 aromatic carbocycles. The number of halogens is 2. The predicted octanol–water partition coefficient (Wildman–Crippen LogP) is 3.63. The minimum absolute atomic E-state index is 0. The largest absolute Gasteiger partial charge is 0.328 e. The van der Waals surface area contributed by atoms with Crippen LogP contribution in [0, 0.1) is 12.8 Å². The number of likely N-dealkylation sites (tertiary alicyclic amines) is 1. The summed E-state index contributed by atoms with van der Waals surface area (Å²) < 4.78 is 0. The molecule has 4 heteroatoms. The molecule has 0 amide bonds. The summed E-state index contributed by atoms with van der Waals surface area (Å²) in [4.78, 5) is 2.52. The van der Waals surface area contributed by atoms with E-state index in [4.69, 9.17) is 17.3 Å². The molecule has 2 atom stereocenters. The molecule has 2 nitrogen and oxygen atoms in total. The van der Waals surface area contributed by atoms with Crippen molar-refractivity contribution in [2.75, 3.05) is 13.1 Å². The van der Waals surface area contributed by atoms with Gasteiger partial charge >= 0.3 is 0 Å². The van der Waals surface area contributed by atoms with E-state index in [1.165, 1.54) is 30.5 Å². The van der Waals surface area contributed by atoms with Crippen molar-refractivity contribution < 1.29 is 0 Å². The average Bonchev–Trinajstić information content (AvgIpc) is 2.33. The van der Waals surface area contributed by atoms with Crippen LogP contribution in [0.1, 0.15) is 30.9 Å². The van der Waals surface area contributed by atoms with Gasteiger partial charge in [0.15, 0.2) is 0 Å². The molecule has 0 aromatic heterocycles. The summed E-state index contributed by atoms with van der Waals surface area (Å²) in [7, 11) is 0. The molecule has 1 aliphatic rings. The Labute approximate surface area is 127 Å². The van der Waals surface area contributed by atoms with Gasteiger partial charge in [0, 0.05) is 24.2 Å². The second kappa shape index (κ2) is 7.49. The lowest BCUT2D eigenvalue weighted by atomic mass is 9.92. The van der Waals surface area contributed by atoms with E-state index in [9.17, 15) is 0 Å². The molecule has 0 spiro atoms. The highest BCUT2D eigenvalue weighted by atomic mass is 35.5. The Morgan fingerprint density at radius 2 is 2.21 bits per heavy atom. The minimum atomic E-state index is 0. The molecule has 0 radical (unpaired) electrons. The topological polar surface area (TPSA) is 29.3 Å². The number of hydrogen-bond acceptors (Lipinski definition) is 2. The Morgan fingerprint density at radius 1 is 1.47 bits per heavy atom. The predicted molar refractivity (Wildman–Crippen MR) is 85.1 cm³/mol. The summed E-state index contributed by atoms with van der Waals surface area (Å²) in [5.41, 5.74) is 8.69. The van der Waals surface area contributed by atoms with Gasteiger partial charge in [0.1, 0.15) is 0 Å². The fourth-order valence-electron chi connectivity index (χ4n) is 2.74. The number of rotatable bonds is 3. The summed E-state index contributed by atoms with van der Waals surface area (Å²) in [6, 6.07) is 6.48. The van der Waals surface area contributed by atoms with Crippen LogP contribution < -0.4 is 5.73 Å². The van der Waals surface area contributed by atoms with E-state index < -0.39 is 0 Å². The molecule has 2 unspecified atom stereocenters. The SMILES string of the molecule is Cc1cc(Cl)ccc1CN1CCCC(C(C)N)C1.Cl. The van der Waals surface area contributed by atoms with Gasteiger partial charge in [0.25, 0.3) is 0 Å². The van der Waals surface area contributed by atoms with Crippen molar-refractivity contribution in [3.05, 3.63) is 34.3 Å². The Bertz CT molecular complexity index is 407. The first-order valence-corrected chi connectivity index (χ1v) is 7.17. The molecule has 1 aliphatic heterocycles. The van der Waals surface area contributed by atoms with Crippen molar-refractivity contribution in [3.63, 3.8) is 0 Å². The lowest BCUT2D eigenvalue weighted by molar-refractivity contribution is 0.154. The zero-order chi connectivity index (χ0) is 13.1. The third-order valence-corrected chi connectivity index (χ3v) is 4.22. The van der Waals surface area contributed by atoms with Crippen LogP contribution in [0.25, 0.3) is 0 Å². The summed E-state index contributed by atoms with van der Waals surface area (Å²) >= 11 is 5.99. The standard InChI is InChI=1S/C15H23ClN2.ClH/c1-11-8-15(16)6-5-13(11)9-18-7-3-4-14(10-18)12(2)17;/h5-6,8,12,14H,3-4,7,9-10,17H2,1-2H3;1H. The maximum atomic E-state index is 6.03. The van der Waals surface area contributed by atoms with Gasteiger partial charge in [-0.05, 0) is 62.4 Å². The van der Waals surface area contributed by atoms with Crippen molar-refractivity contribution in [3.8, 4) is 0 Å². The molecule has 1 heterocycles. The quantitative estimate of drug-likeness (QED) is 0.924. The van der Waals surface area contributed by atoms with E-state index in [1.807, 2.05) is 12.1 Å². The van der Waals surface area contributed by atoms with Crippen molar-refractivity contribution in [1.29, 1.82) is 0 Å². The van der Waals surface area contributed by atoms with Crippen LogP contribution >= 0.6 is 24.0 Å². The van der Waals surface area contributed by atoms with E-state index in [0.717, 1.165) is 18.1 Å². The molecular weight excluding hydrogens is 279 g/mol. The van der Waals surface area contributed by atoms with Gasteiger partial charge in [0.05, 0.1) is 0 Å². The smallest absolute Gasteiger partial charge is 0.0408 e. The van der Waals surface area contributed by atoms with E-state index in [-0.39, 0.29) is 12.4 Å². The van der Waals surface area contributed by atoms with Crippen LogP contribution in [0.4, 0.5) is 0 Å². The number of nitrogens with two attached hydrogens (primary N) is 1. The average molecular weight is 303 g/mol. The highest BCUT2D eigenvalue weighted by Gasteiger charge is 2.22. The first-order chi connectivity index (χ1) is 8.56. The number of hydrogen-bond donors (Lipinski definition) is 1. The Kier molecular flexibility index (Phi) is 6.61. The third-order valence-electron chi connectivity index (χ3n) is 3.98. The lowest BCUT2D eigenvalue weighted by Crippen LogP contribution is -2.42. The Morgan fingerprint density at radius 3 is 2.84 bits per heavy atom. The highest BCUT2D eigenvalue weighted by Crippen LogP contribution is 2.22. The molecular formula is C15H24Cl2N2. The fourth-order valence-corrected chi connectivity index (χ4v) is 2.97. The van der Waals surface area contributed by atoms with Crippen molar-refractivity contribution in [2.24, 2.45) is 11.7 Å². The maximum absolute atomic E-state index is 6.03. The second-order valence-electron chi connectivity index (χ2n) is 5.57. The normalized spacial score (nSPS) is 21.8. The van der Waals surface area contributed by atoms with Crippen LogP contribution in [-0.2, 0) is 6.54 Å². The van der Waals surface area contributed by atoms with Crippen LogP contribution in [0.2, 0.25) is 5.02 Å². The van der Waals surface area contributed by atoms with Gasteiger partial charge in [-0.3, -0.25) is 4.90 Å². The molecule has 0 aliphatic carbocycles. The number of nitrogens with zero attached hydrogens (tertiary/aromatic N) is 1. The van der Waals surface area contributed by atoms with Crippen molar-refractivity contribution in [1.82, 2.24) is 4.90 Å². The van der Waals surface area contributed by atoms with Gasteiger partial charge in [-0.15, -0.1) is 12.4 Å². The number of piperidine rings is 1. The van der Waals surface area contributed by atoms with Crippen LogP contribution in [-0.4, -0.2) is 24.0 Å². The molecule has 1 fully saturated rings. The molecule has 1 saturated heterocycles. The summed E-state index contributed by atoms with van der Waals surface area (Å²) in [6.45, 7) is 7.59. The molecule has 1 aromatic rings. The molecule has 0 bridgehead atoms. The molecule has 2 rings (SSSR count). The molecule has 108 valence electrons. The van der Waals surface area contributed by atoms with Gasteiger partial charge in [-0.25, -0.2) is 0 Å². The van der Waals surface area contributed by atoms with Crippen molar-refractivity contribution >= 4 is 24.0 Å². The molecule has 2 N–H and O–H groups in total. The fraction of sp³-hybridized carbons (Fsp3) is 0.600. The Balaban J connectivity index is 0.00000180. The highest BCUT2D eigenvalue weighted by molar-refractivity contribution is 6.30. The number of aryl methyl sites for hydroxylation is 1.